The molecule has 6 nitrogen and oxygen atoms in total. The number of carbonyl (C=O) groups is 1. The van der Waals surface area contributed by atoms with Crippen molar-refractivity contribution >= 4 is 5.97 Å². The van der Waals surface area contributed by atoms with Crippen molar-refractivity contribution in [3.05, 3.63) is 44.8 Å². The Bertz CT molecular complexity index is 583. The van der Waals surface area contributed by atoms with Crippen LogP contribution in [0.25, 0.3) is 0 Å². The maximum Gasteiger partial charge on any atom is 0.333 e. The molecule has 1 rings (SSSR count). The number of carbonyl (C=O) groups excluding carboxylic acids is 1. The molecule has 0 fully saturated rings. The minimum Gasteiger partial charge on any atom is -0.462 e. The van der Waals surface area contributed by atoms with E-state index < -0.39 is 11.7 Å². The molecule has 1 heterocycles. The van der Waals surface area contributed by atoms with Gasteiger partial charge in [0, 0.05) is 23.9 Å². The van der Waals surface area contributed by atoms with Crippen molar-refractivity contribution in [3.8, 4) is 0 Å². The van der Waals surface area contributed by atoms with Gasteiger partial charge >= 0.3 is 11.7 Å². The standard InChI is InChI=1S/C13H18N2O4/c1-9(2)12(17)19-7-5-4-6-15-8-10(3)11(16)14-13(15)18/h8H,1,4-7H2,2-3H3,(H,14,16,18). The highest BCUT2D eigenvalue weighted by Crippen LogP contribution is 1.97. The molecule has 0 unspecified atom stereocenters. The Labute approximate surface area is 110 Å². The third-order valence-electron chi connectivity index (χ3n) is 2.56. The molecule has 0 aliphatic carbocycles. The lowest BCUT2D eigenvalue weighted by Crippen LogP contribution is -2.30. The number of hydrogen-bond donors (Lipinski definition) is 1. The molecule has 1 aromatic heterocycles. The number of H-pyrrole nitrogens is 1. The molecule has 1 N–H and O–H groups in total. The summed E-state index contributed by atoms with van der Waals surface area (Å²) in [5.41, 5.74) is 0.0759. The Hall–Kier alpha value is -2.11. The van der Waals surface area contributed by atoms with Crippen LogP contribution in [-0.2, 0) is 16.1 Å². The number of hydrogen-bond acceptors (Lipinski definition) is 4. The van der Waals surface area contributed by atoms with Gasteiger partial charge in [-0.3, -0.25) is 9.78 Å². The summed E-state index contributed by atoms with van der Waals surface area (Å²) in [6.45, 7) is 7.48. The quantitative estimate of drug-likeness (QED) is 0.468. The van der Waals surface area contributed by atoms with Crippen molar-refractivity contribution in [2.24, 2.45) is 0 Å². The molecule has 0 aliphatic heterocycles. The molecular formula is C13H18N2O4. The van der Waals surface area contributed by atoms with Crippen molar-refractivity contribution in [3.63, 3.8) is 0 Å². The second kappa shape index (κ2) is 6.72. The van der Waals surface area contributed by atoms with Gasteiger partial charge in [-0.25, -0.2) is 9.59 Å². The van der Waals surface area contributed by atoms with E-state index >= 15 is 0 Å². The summed E-state index contributed by atoms with van der Waals surface area (Å²) < 4.78 is 6.37. The molecule has 0 radical (unpaired) electrons. The Kier molecular flexibility index (Phi) is 5.29. The van der Waals surface area contributed by atoms with E-state index in [2.05, 4.69) is 11.6 Å². The fraction of sp³-hybridized carbons (Fsp3) is 0.462. The van der Waals surface area contributed by atoms with E-state index in [0.29, 0.717) is 37.1 Å². The average molecular weight is 266 g/mol. The fourth-order valence-corrected chi connectivity index (χ4v) is 1.46. The number of esters is 1. The predicted octanol–water partition coefficient (Wildman–Crippen LogP) is 0.745. The molecule has 0 spiro atoms. The lowest BCUT2D eigenvalue weighted by Gasteiger charge is -2.06. The van der Waals surface area contributed by atoms with Gasteiger partial charge in [-0.05, 0) is 26.7 Å². The summed E-state index contributed by atoms with van der Waals surface area (Å²) in [5.74, 6) is -0.406. The zero-order chi connectivity index (χ0) is 14.4. The number of unbranched alkanes of at least 4 members (excludes halogenated alkanes) is 1. The van der Waals surface area contributed by atoms with Crippen LogP contribution in [0, 0.1) is 6.92 Å². The number of aromatic nitrogens is 2. The Balaban J connectivity index is 2.40. The molecule has 1 aromatic rings. The van der Waals surface area contributed by atoms with Crippen LogP contribution in [0.3, 0.4) is 0 Å². The van der Waals surface area contributed by atoms with E-state index in [1.165, 1.54) is 10.8 Å². The van der Waals surface area contributed by atoms with Gasteiger partial charge in [0.05, 0.1) is 6.61 Å². The number of nitrogens with one attached hydrogen (secondary N) is 1. The first-order valence-corrected chi connectivity index (χ1v) is 6.05. The van der Waals surface area contributed by atoms with Crippen LogP contribution in [0.15, 0.2) is 27.9 Å². The summed E-state index contributed by atoms with van der Waals surface area (Å²) in [4.78, 5) is 36.0. The summed E-state index contributed by atoms with van der Waals surface area (Å²) >= 11 is 0. The normalized spacial score (nSPS) is 10.2. The SMILES string of the molecule is C=C(C)C(=O)OCCCCn1cc(C)c(=O)[nH]c1=O. The van der Waals surface area contributed by atoms with Gasteiger partial charge in [-0.15, -0.1) is 0 Å². The van der Waals surface area contributed by atoms with Crippen LogP contribution in [0.2, 0.25) is 0 Å². The maximum atomic E-state index is 11.5. The second-order valence-corrected chi connectivity index (χ2v) is 4.39. The first-order valence-electron chi connectivity index (χ1n) is 6.05. The highest BCUT2D eigenvalue weighted by molar-refractivity contribution is 5.86. The average Bonchev–Trinajstić information content (AvgIpc) is 2.34. The molecule has 0 aliphatic rings. The molecule has 0 saturated heterocycles. The van der Waals surface area contributed by atoms with Crippen LogP contribution >= 0.6 is 0 Å². The van der Waals surface area contributed by atoms with Gasteiger partial charge < -0.3 is 9.30 Å². The van der Waals surface area contributed by atoms with Crippen molar-refractivity contribution in [1.82, 2.24) is 9.55 Å². The van der Waals surface area contributed by atoms with E-state index in [4.69, 9.17) is 4.74 Å². The van der Waals surface area contributed by atoms with E-state index in [0.717, 1.165) is 0 Å². The van der Waals surface area contributed by atoms with Gasteiger partial charge in [-0.1, -0.05) is 6.58 Å². The Morgan fingerprint density at radius 3 is 2.74 bits per heavy atom. The minimum atomic E-state index is -0.422. The van der Waals surface area contributed by atoms with Gasteiger partial charge in [0.1, 0.15) is 0 Å². The third-order valence-corrected chi connectivity index (χ3v) is 2.56. The molecular weight excluding hydrogens is 248 g/mol. The molecule has 0 saturated carbocycles. The van der Waals surface area contributed by atoms with Crippen LogP contribution in [0.4, 0.5) is 0 Å². The second-order valence-electron chi connectivity index (χ2n) is 4.39. The van der Waals surface area contributed by atoms with Crippen molar-refractivity contribution < 1.29 is 9.53 Å². The first-order chi connectivity index (χ1) is 8.91. The van der Waals surface area contributed by atoms with Gasteiger partial charge in [-0.2, -0.15) is 0 Å². The number of aromatic amines is 1. The number of nitrogens with zero attached hydrogens (tertiary/aromatic N) is 1. The molecule has 6 heteroatoms. The maximum absolute atomic E-state index is 11.5. The molecule has 19 heavy (non-hydrogen) atoms. The summed E-state index contributed by atoms with van der Waals surface area (Å²) in [6.07, 6.45) is 2.85. The van der Waals surface area contributed by atoms with Crippen molar-refractivity contribution in [1.29, 1.82) is 0 Å². The number of aryl methyl sites for hydroxylation is 2. The fourth-order valence-electron chi connectivity index (χ4n) is 1.46. The Morgan fingerprint density at radius 2 is 2.11 bits per heavy atom. The van der Waals surface area contributed by atoms with E-state index in [9.17, 15) is 14.4 Å². The van der Waals surface area contributed by atoms with Gasteiger partial charge in [0.25, 0.3) is 5.56 Å². The Morgan fingerprint density at radius 1 is 1.42 bits per heavy atom. The van der Waals surface area contributed by atoms with E-state index in [1.54, 1.807) is 13.8 Å². The molecule has 0 bridgehead atoms. The third kappa shape index (κ3) is 4.57. The zero-order valence-electron chi connectivity index (χ0n) is 11.2. The lowest BCUT2D eigenvalue weighted by molar-refractivity contribution is -0.139. The van der Waals surface area contributed by atoms with Crippen LogP contribution in [0.1, 0.15) is 25.3 Å². The largest absolute Gasteiger partial charge is 0.462 e. The van der Waals surface area contributed by atoms with Gasteiger partial charge in [0.15, 0.2) is 0 Å². The molecule has 0 amide bonds. The summed E-state index contributed by atoms with van der Waals surface area (Å²) in [6, 6.07) is 0. The van der Waals surface area contributed by atoms with E-state index in [-0.39, 0.29) is 5.56 Å². The minimum absolute atomic E-state index is 0.294. The summed E-state index contributed by atoms with van der Waals surface area (Å²) in [7, 11) is 0. The monoisotopic (exact) mass is 266 g/mol. The van der Waals surface area contributed by atoms with Crippen LogP contribution < -0.4 is 11.2 Å². The van der Waals surface area contributed by atoms with Crippen LogP contribution in [0.5, 0.6) is 0 Å². The van der Waals surface area contributed by atoms with Crippen molar-refractivity contribution in [2.45, 2.75) is 33.2 Å². The van der Waals surface area contributed by atoms with E-state index in [1.807, 2.05) is 0 Å². The molecule has 0 atom stereocenters. The molecule has 0 aromatic carbocycles. The zero-order valence-corrected chi connectivity index (χ0v) is 11.2. The van der Waals surface area contributed by atoms with Crippen molar-refractivity contribution in [2.75, 3.05) is 6.61 Å². The van der Waals surface area contributed by atoms with Crippen LogP contribution in [-0.4, -0.2) is 22.1 Å². The highest BCUT2D eigenvalue weighted by atomic mass is 16.5. The summed E-state index contributed by atoms with van der Waals surface area (Å²) in [5, 5.41) is 0. The number of ether oxygens (including phenoxy) is 1. The first kappa shape index (κ1) is 14.9. The highest BCUT2D eigenvalue weighted by Gasteiger charge is 2.03. The molecule has 104 valence electrons. The number of rotatable bonds is 6. The lowest BCUT2D eigenvalue weighted by atomic mass is 10.3. The van der Waals surface area contributed by atoms with Gasteiger partial charge in [0.2, 0.25) is 0 Å². The smallest absolute Gasteiger partial charge is 0.333 e. The topological polar surface area (TPSA) is 81.2 Å². The predicted molar refractivity (Wildman–Crippen MR) is 71.1 cm³/mol.